The standard InChI is InChI=1S/C17H18N6O4/c24-12-2-1-4-22-14(25)6-11(18-15(12)22)7-21-5-3-17(9-21)10-23-13(8-27-17)19-20-16(23)26/h1-2,4,6,24H,3,5,7-10H2,(H,20,26). The first-order valence-corrected chi connectivity index (χ1v) is 8.74. The van der Waals surface area contributed by atoms with Crippen molar-refractivity contribution in [3.63, 3.8) is 0 Å². The number of likely N-dealkylation sites (tertiary alicyclic amines) is 1. The summed E-state index contributed by atoms with van der Waals surface area (Å²) in [5.74, 6) is 0.584. The number of hydrogen-bond acceptors (Lipinski definition) is 7. The molecule has 0 aromatic carbocycles. The van der Waals surface area contributed by atoms with E-state index in [0.717, 1.165) is 13.0 Å². The predicted molar refractivity (Wildman–Crippen MR) is 93.4 cm³/mol. The van der Waals surface area contributed by atoms with Crippen LogP contribution in [0.25, 0.3) is 5.65 Å². The van der Waals surface area contributed by atoms with Gasteiger partial charge in [-0.25, -0.2) is 14.9 Å². The van der Waals surface area contributed by atoms with Gasteiger partial charge in [0.05, 0.1) is 12.2 Å². The highest BCUT2D eigenvalue weighted by Gasteiger charge is 2.43. The Kier molecular flexibility index (Phi) is 3.46. The van der Waals surface area contributed by atoms with Gasteiger partial charge in [0.1, 0.15) is 12.2 Å². The van der Waals surface area contributed by atoms with Gasteiger partial charge in [0.25, 0.3) is 5.56 Å². The van der Waals surface area contributed by atoms with Crippen molar-refractivity contribution in [2.45, 2.75) is 31.7 Å². The van der Waals surface area contributed by atoms with Crippen molar-refractivity contribution >= 4 is 5.65 Å². The van der Waals surface area contributed by atoms with Gasteiger partial charge in [-0.15, -0.1) is 0 Å². The summed E-state index contributed by atoms with van der Waals surface area (Å²) in [6.07, 6.45) is 2.36. The van der Waals surface area contributed by atoms with Gasteiger partial charge in [-0.3, -0.25) is 18.7 Å². The van der Waals surface area contributed by atoms with E-state index in [0.29, 0.717) is 37.8 Å². The van der Waals surface area contributed by atoms with Crippen LogP contribution in [0.15, 0.2) is 34.0 Å². The topological polar surface area (TPSA) is 118 Å². The average Bonchev–Trinajstić information content (AvgIpc) is 3.20. The Bertz CT molecular complexity index is 1150. The maximum atomic E-state index is 12.3. The Labute approximate surface area is 152 Å². The van der Waals surface area contributed by atoms with Crippen molar-refractivity contribution in [2.24, 2.45) is 0 Å². The molecule has 0 radical (unpaired) electrons. The molecule has 1 atom stereocenters. The fourth-order valence-corrected chi connectivity index (χ4v) is 3.95. The van der Waals surface area contributed by atoms with Crippen molar-refractivity contribution in [1.82, 2.24) is 29.0 Å². The number of nitrogens with one attached hydrogen (secondary N) is 1. The minimum Gasteiger partial charge on any atom is -0.504 e. The number of hydrogen-bond donors (Lipinski definition) is 2. The third-order valence-electron chi connectivity index (χ3n) is 5.30. The first-order chi connectivity index (χ1) is 13.0. The van der Waals surface area contributed by atoms with Gasteiger partial charge >= 0.3 is 5.69 Å². The van der Waals surface area contributed by atoms with Crippen LogP contribution in [0.3, 0.4) is 0 Å². The summed E-state index contributed by atoms with van der Waals surface area (Å²) in [5, 5.41) is 16.4. The number of aromatic hydroxyl groups is 1. The molecule has 27 heavy (non-hydrogen) atoms. The van der Waals surface area contributed by atoms with E-state index in [-0.39, 0.29) is 22.6 Å². The monoisotopic (exact) mass is 370 g/mol. The lowest BCUT2D eigenvalue weighted by molar-refractivity contribution is -0.0833. The fraction of sp³-hybridized carbons (Fsp3) is 0.412. The number of fused-ring (bicyclic) bond motifs is 2. The summed E-state index contributed by atoms with van der Waals surface area (Å²) in [5.41, 5.74) is -0.0450. The molecule has 0 aliphatic carbocycles. The van der Waals surface area contributed by atoms with Crippen LogP contribution in [0, 0.1) is 0 Å². The van der Waals surface area contributed by atoms with Crippen LogP contribution in [0.1, 0.15) is 17.9 Å². The van der Waals surface area contributed by atoms with E-state index in [2.05, 4.69) is 20.1 Å². The summed E-state index contributed by atoms with van der Waals surface area (Å²) >= 11 is 0. The SMILES string of the molecule is O=c1[nH]nc2n1CC1(CCN(Cc3cc(=O)n4cccc(O)c4n3)C1)OC2. The Morgan fingerprint density at radius 2 is 2.22 bits per heavy atom. The van der Waals surface area contributed by atoms with E-state index in [1.54, 1.807) is 16.8 Å². The molecular weight excluding hydrogens is 352 g/mol. The van der Waals surface area contributed by atoms with Crippen LogP contribution in [0.2, 0.25) is 0 Å². The molecular formula is C17H18N6O4. The number of nitrogens with zero attached hydrogens (tertiary/aromatic N) is 5. The molecule has 5 rings (SSSR count). The van der Waals surface area contributed by atoms with E-state index in [1.165, 1.54) is 16.5 Å². The lowest BCUT2D eigenvalue weighted by Crippen LogP contribution is -2.46. The largest absolute Gasteiger partial charge is 0.504 e. The van der Waals surface area contributed by atoms with Crippen molar-refractivity contribution in [3.8, 4) is 5.75 Å². The Hall–Kier alpha value is -2.98. The molecule has 3 aromatic heterocycles. The van der Waals surface area contributed by atoms with Gasteiger partial charge < -0.3 is 9.84 Å². The Morgan fingerprint density at radius 1 is 1.33 bits per heavy atom. The van der Waals surface area contributed by atoms with Gasteiger partial charge in [-0.1, -0.05) is 0 Å². The molecule has 10 nitrogen and oxygen atoms in total. The molecule has 3 aromatic rings. The minimum atomic E-state index is -0.436. The molecule has 2 aliphatic heterocycles. The summed E-state index contributed by atoms with van der Waals surface area (Å²) in [7, 11) is 0. The molecule has 2 N–H and O–H groups in total. The van der Waals surface area contributed by atoms with Gasteiger partial charge in [0.15, 0.2) is 17.2 Å². The minimum absolute atomic E-state index is 0.0307. The Balaban J connectivity index is 1.38. The van der Waals surface area contributed by atoms with Crippen molar-refractivity contribution < 1.29 is 9.84 Å². The molecule has 2 aliphatic rings. The second kappa shape index (κ2) is 5.76. The van der Waals surface area contributed by atoms with Gasteiger partial charge in [-0.05, 0) is 18.6 Å². The summed E-state index contributed by atoms with van der Waals surface area (Å²) in [4.78, 5) is 30.7. The zero-order chi connectivity index (χ0) is 18.6. The van der Waals surface area contributed by atoms with Crippen LogP contribution in [-0.4, -0.2) is 52.8 Å². The number of H-pyrrole nitrogens is 1. The van der Waals surface area contributed by atoms with E-state index < -0.39 is 5.60 Å². The maximum absolute atomic E-state index is 12.3. The molecule has 0 amide bonds. The zero-order valence-electron chi connectivity index (χ0n) is 14.5. The van der Waals surface area contributed by atoms with Crippen LogP contribution < -0.4 is 11.2 Å². The molecule has 1 saturated heterocycles. The third-order valence-corrected chi connectivity index (χ3v) is 5.30. The van der Waals surface area contributed by atoms with Crippen LogP contribution in [0.4, 0.5) is 0 Å². The molecule has 1 fully saturated rings. The van der Waals surface area contributed by atoms with E-state index >= 15 is 0 Å². The molecule has 10 heteroatoms. The second-order valence-electron chi connectivity index (χ2n) is 7.14. The smallest absolute Gasteiger partial charge is 0.343 e. The van der Waals surface area contributed by atoms with Gasteiger partial charge in [-0.2, -0.15) is 5.10 Å². The van der Waals surface area contributed by atoms with E-state index in [4.69, 9.17) is 4.74 Å². The fourth-order valence-electron chi connectivity index (χ4n) is 3.95. The van der Waals surface area contributed by atoms with Crippen LogP contribution in [0.5, 0.6) is 5.75 Å². The highest BCUT2D eigenvalue weighted by Crippen LogP contribution is 2.31. The van der Waals surface area contributed by atoms with Crippen molar-refractivity contribution in [2.75, 3.05) is 13.1 Å². The van der Waals surface area contributed by atoms with Crippen LogP contribution >= 0.6 is 0 Å². The molecule has 1 unspecified atom stereocenters. The van der Waals surface area contributed by atoms with E-state index in [1.807, 2.05) is 0 Å². The third kappa shape index (κ3) is 2.64. The lowest BCUT2D eigenvalue weighted by Gasteiger charge is -2.33. The highest BCUT2D eigenvalue weighted by molar-refractivity contribution is 5.52. The maximum Gasteiger partial charge on any atom is 0.343 e. The molecule has 0 bridgehead atoms. The zero-order valence-corrected chi connectivity index (χ0v) is 14.5. The van der Waals surface area contributed by atoms with Crippen molar-refractivity contribution in [1.29, 1.82) is 0 Å². The predicted octanol–water partition coefficient (Wildman–Crippen LogP) is -0.540. The quantitative estimate of drug-likeness (QED) is 0.622. The average molecular weight is 370 g/mol. The normalized spacial score (nSPS) is 22.5. The highest BCUT2D eigenvalue weighted by atomic mass is 16.5. The number of rotatable bonds is 2. The van der Waals surface area contributed by atoms with E-state index in [9.17, 15) is 14.7 Å². The van der Waals surface area contributed by atoms with Gasteiger partial charge in [0.2, 0.25) is 0 Å². The summed E-state index contributed by atoms with van der Waals surface area (Å²) < 4.78 is 8.99. The van der Waals surface area contributed by atoms with Gasteiger partial charge in [0, 0.05) is 31.9 Å². The summed E-state index contributed by atoms with van der Waals surface area (Å²) in [6, 6.07) is 4.59. The number of aromatic amines is 1. The first-order valence-electron chi connectivity index (χ1n) is 8.74. The number of ether oxygens (including phenoxy) is 1. The number of aromatic nitrogens is 5. The van der Waals surface area contributed by atoms with Crippen molar-refractivity contribution in [3.05, 3.63) is 56.8 Å². The summed E-state index contributed by atoms with van der Waals surface area (Å²) in [6.45, 7) is 2.63. The number of pyridine rings is 1. The second-order valence-corrected chi connectivity index (χ2v) is 7.14. The first kappa shape index (κ1) is 16.2. The Morgan fingerprint density at radius 3 is 3.11 bits per heavy atom. The van der Waals surface area contributed by atoms with Crippen LogP contribution in [-0.2, 0) is 24.4 Å². The molecule has 5 heterocycles. The lowest BCUT2D eigenvalue weighted by atomic mass is 10.0. The molecule has 1 spiro atoms. The molecule has 0 saturated carbocycles. The molecule has 140 valence electrons.